The lowest BCUT2D eigenvalue weighted by molar-refractivity contribution is 0.308. The van der Waals surface area contributed by atoms with Crippen molar-refractivity contribution in [2.75, 3.05) is 19.7 Å². The van der Waals surface area contributed by atoms with Crippen molar-refractivity contribution in [2.24, 2.45) is 5.92 Å². The maximum atomic E-state index is 5.84. The number of hydrogen-bond acceptors (Lipinski definition) is 2. The van der Waals surface area contributed by atoms with Gasteiger partial charge in [0.2, 0.25) is 0 Å². The van der Waals surface area contributed by atoms with E-state index in [1.807, 2.05) is 0 Å². The van der Waals surface area contributed by atoms with E-state index in [9.17, 15) is 0 Å². The van der Waals surface area contributed by atoms with Gasteiger partial charge in [0.05, 0.1) is 6.61 Å². The van der Waals surface area contributed by atoms with Crippen LogP contribution < -0.4 is 10.1 Å². The fraction of sp³-hybridized carbons (Fsp3) is 0.625. The summed E-state index contributed by atoms with van der Waals surface area (Å²) in [6.07, 6.45) is 1.05. The van der Waals surface area contributed by atoms with E-state index in [1.54, 1.807) is 0 Å². The summed E-state index contributed by atoms with van der Waals surface area (Å²) in [7, 11) is 0. The van der Waals surface area contributed by atoms with Gasteiger partial charge in [-0.3, -0.25) is 0 Å². The highest BCUT2D eigenvalue weighted by Crippen LogP contribution is 2.31. The van der Waals surface area contributed by atoms with Crippen molar-refractivity contribution in [2.45, 2.75) is 40.0 Å². The second kappa shape index (κ2) is 8.15. The van der Waals surface area contributed by atoms with E-state index < -0.39 is 0 Å². The van der Waals surface area contributed by atoms with Crippen molar-refractivity contribution in [1.82, 2.24) is 5.32 Å². The summed E-state index contributed by atoms with van der Waals surface area (Å²) < 4.78 is 5.84. The molecule has 0 saturated heterocycles. The van der Waals surface area contributed by atoms with Gasteiger partial charge in [-0.15, -0.1) is 0 Å². The van der Waals surface area contributed by atoms with E-state index in [2.05, 4.69) is 57.3 Å². The molecule has 0 radical (unpaired) electrons. The molecule has 0 saturated carbocycles. The molecule has 1 aromatic rings. The first kappa shape index (κ1) is 15.0. The molecular formula is C16H27NO. The summed E-state index contributed by atoms with van der Waals surface area (Å²) in [5, 5.41) is 3.42. The summed E-state index contributed by atoms with van der Waals surface area (Å²) in [6.45, 7) is 11.8. The standard InChI is InChI=1S/C16H27NO/c1-5-11-18-16-10-8-7-9-15(16)14(4)13(3)12-17-6-2/h7-10,13-14,17H,5-6,11-12H2,1-4H3. The van der Waals surface area contributed by atoms with Crippen LogP contribution in [-0.4, -0.2) is 19.7 Å². The molecule has 2 atom stereocenters. The molecule has 0 aliphatic heterocycles. The van der Waals surface area contributed by atoms with Gasteiger partial charge in [-0.2, -0.15) is 0 Å². The molecule has 0 aliphatic carbocycles. The van der Waals surface area contributed by atoms with Crippen LogP contribution in [0.5, 0.6) is 5.75 Å². The van der Waals surface area contributed by atoms with Gasteiger partial charge in [-0.1, -0.05) is 45.9 Å². The SMILES string of the molecule is CCCOc1ccccc1C(C)C(C)CNCC. The Morgan fingerprint density at radius 3 is 2.56 bits per heavy atom. The smallest absolute Gasteiger partial charge is 0.122 e. The van der Waals surface area contributed by atoms with E-state index in [1.165, 1.54) is 5.56 Å². The molecule has 2 unspecified atom stereocenters. The summed E-state index contributed by atoms with van der Waals surface area (Å²) in [5.74, 6) is 2.17. The molecule has 0 amide bonds. The van der Waals surface area contributed by atoms with Crippen LogP contribution in [0.2, 0.25) is 0 Å². The van der Waals surface area contributed by atoms with Gasteiger partial charge in [-0.25, -0.2) is 0 Å². The summed E-state index contributed by atoms with van der Waals surface area (Å²) >= 11 is 0. The Balaban J connectivity index is 2.73. The Morgan fingerprint density at radius 1 is 1.17 bits per heavy atom. The molecule has 0 spiro atoms. The maximum Gasteiger partial charge on any atom is 0.122 e. The number of nitrogens with one attached hydrogen (secondary N) is 1. The highest BCUT2D eigenvalue weighted by molar-refractivity contribution is 5.36. The van der Waals surface area contributed by atoms with Crippen molar-refractivity contribution in [3.8, 4) is 5.75 Å². The highest BCUT2D eigenvalue weighted by atomic mass is 16.5. The van der Waals surface area contributed by atoms with Crippen LogP contribution in [0.25, 0.3) is 0 Å². The zero-order chi connectivity index (χ0) is 13.4. The van der Waals surface area contributed by atoms with Crippen molar-refractivity contribution in [3.63, 3.8) is 0 Å². The van der Waals surface area contributed by atoms with Gasteiger partial charge >= 0.3 is 0 Å². The number of ether oxygens (including phenoxy) is 1. The van der Waals surface area contributed by atoms with Gasteiger partial charge in [0.15, 0.2) is 0 Å². The minimum atomic E-state index is 0.511. The van der Waals surface area contributed by atoms with E-state index >= 15 is 0 Å². The number of rotatable bonds is 8. The lowest BCUT2D eigenvalue weighted by Crippen LogP contribution is -2.24. The molecular weight excluding hydrogens is 222 g/mol. The Bertz CT molecular complexity index is 338. The molecule has 1 aromatic carbocycles. The second-order valence-electron chi connectivity index (χ2n) is 4.96. The van der Waals surface area contributed by atoms with Crippen LogP contribution in [0, 0.1) is 5.92 Å². The van der Waals surface area contributed by atoms with E-state index in [0.717, 1.165) is 31.9 Å². The van der Waals surface area contributed by atoms with Crippen molar-refractivity contribution >= 4 is 0 Å². The van der Waals surface area contributed by atoms with Gasteiger partial charge < -0.3 is 10.1 Å². The van der Waals surface area contributed by atoms with Crippen LogP contribution in [0.15, 0.2) is 24.3 Å². The third-order valence-electron chi connectivity index (χ3n) is 3.44. The number of para-hydroxylation sites is 1. The molecule has 2 nitrogen and oxygen atoms in total. The van der Waals surface area contributed by atoms with Crippen LogP contribution in [0.4, 0.5) is 0 Å². The maximum absolute atomic E-state index is 5.84. The zero-order valence-corrected chi connectivity index (χ0v) is 12.2. The van der Waals surface area contributed by atoms with E-state index in [-0.39, 0.29) is 0 Å². The molecule has 0 aliphatic rings. The lowest BCUT2D eigenvalue weighted by atomic mass is 9.88. The normalized spacial score (nSPS) is 14.2. The Hall–Kier alpha value is -1.02. The summed E-state index contributed by atoms with van der Waals surface area (Å²) in [5.41, 5.74) is 1.33. The molecule has 18 heavy (non-hydrogen) atoms. The fourth-order valence-electron chi connectivity index (χ4n) is 2.06. The monoisotopic (exact) mass is 249 g/mol. The van der Waals surface area contributed by atoms with Crippen LogP contribution in [0.3, 0.4) is 0 Å². The van der Waals surface area contributed by atoms with E-state index in [0.29, 0.717) is 11.8 Å². The predicted octanol–water partition coefficient (Wildman–Crippen LogP) is 3.82. The fourth-order valence-corrected chi connectivity index (χ4v) is 2.06. The largest absolute Gasteiger partial charge is 0.493 e. The first-order chi connectivity index (χ1) is 8.70. The molecule has 102 valence electrons. The number of hydrogen-bond donors (Lipinski definition) is 1. The Labute approximate surface area is 112 Å². The molecule has 1 rings (SSSR count). The third-order valence-corrected chi connectivity index (χ3v) is 3.44. The third kappa shape index (κ3) is 4.34. The van der Waals surface area contributed by atoms with Gasteiger partial charge in [0, 0.05) is 0 Å². The molecule has 2 heteroatoms. The van der Waals surface area contributed by atoms with E-state index in [4.69, 9.17) is 4.74 Å². The highest BCUT2D eigenvalue weighted by Gasteiger charge is 2.17. The van der Waals surface area contributed by atoms with Crippen molar-refractivity contribution in [1.29, 1.82) is 0 Å². The molecule has 0 heterocycles. The Kier molecular flexibility index (Phi) is 6.81. The topological polar surface area (TPSA) is 21.3 Å². The minimum absolute atomic E-state index is 0.511. The predicted molar refractivity (Wildman–Crippen MR) is 78.4 cm³/mol. The van der Waals surface area contributed by atoms with Crippen LogP contribution in [0.1, 0.15) is 45.6 Å². The average Bonchev–Trinajstić information content (AvgIpc) is 2.42. The molecule has 0 aromatic heterocycles. The van der Waals surface area contributed by atoms with Gasteiger partial charge in [0.1, 0.15) is 5.75 Å². The summed E-state index contributed by atoms with van der Waals surface area (Å²) in [6, 6.07) is 8.43. The van der Waals surface area contributed by atoms with Gasteiger partial charge in [0.25, 0.3) is 0 Å². The quantitative estimate of drug-likeness (QED) is 0.756. The Morgan fingerprint density at radius 2 is 1.89 bits per heavy atom. The average molecular weight is 249 g/mol. The molecule has 0 bridgehead atoms. The van der Waals surface area contributed by atoms with Crippen LogP contribution in [-0.2, 0) is 0 Å². The van der Waals surface area contributed by atoms with Crippen molar-refractivity contribution < 1.29 is 4.74 Å². The summed E-state index contributed by atoms with van der Waals surface area (Å²) in [4.78, 5) is 0. The minimum Gasteiger partial charge on any atom is -0.493 e. The molecule has 1 N–H and O–H groups in total. The first-order valence-corrected chi connectivity index (χ1v) is 7.13. The van der Waals surface area contributed by atoms with Crippen molar-refractivity contribution in [3.05, 3.63) is 29.8 Å². The zero-order valence-electron chi connectivity index (χ0n) is 12.2. The molecule has 0 fully saturated rings. The second-order valence-corrected chi connectivity index (χ2v) is 4.96. The van der Waals surface area contributed by atoms with Gasteiger partial charge in [-0.05, 0) is 43.0 Å². The lowest BCUT2D eigenvalue weighted by Gasteiger charge is -2.23. The van der Waals surface area contributed by atoms with Crippen LogP contribution >= 0.6 is 0 Å². The number of benzene rings is 1. The first-order valence-electron chi connectivity index (χ1n) is 7.13.